The zero-order valence-electron chi connectivity index (χ0n) is 14.4. The Hall–Kier alpha value is -1.74. The van der Waals surface area contributed by atoms with Gasteiger partial charge in [0.2, 0.25) is 0 Å². The van der Waals surface area contributed by atoms with Gasteiger partial charge in [0.1, 0.15) is 5.69 Å². The molecule has 0 aliphatic rings. The molecule has 2 aromatic rings. The van der Waals surface area contributed by atoms with Crippen molar-refractivity contribution < 1.29 is 9.66 Å². The molecule has 134 valence electrons. The summed E-state index contributed by atoms with van der Waals surface area (Å²) < 4.78 is 2.99. The summed E-state index contributed by atoms with van der Waals surface area (Å²) in [6.07, 6.45) is 1.73. The number of anilines is 1. The van der Waals surface area contributed by atoms with Crippen LogP contribution in [-0.4, -0.2) is 26.1 Å². The second-order valence-electron chi connectivity index (χ2n) is 6.45. The maximum atomic E-state index is 12.6. The Bertz CT molecular complexity index is 811. The van der Waals surface area contributed by atoms with E-state index in [0.29, 0.717) is 27.3 Å². The quantitative estimate of drug-likeness (QED) is 0.498. The monoisotopic (exact) mass is 472 g/mol. The number of nitrogens with zero attached hydrogens (tertiary/aromatic N) is 3. The lowest BCUT2D eigenvalue weighted by molar-refractivity contribution is -0.541. The van der Waals surface area contributed by atoms with Crippen LogP contribution < -0.4 is 10.7 Å². The summed E-state index contributed by atoms with van der Waals surface area (Å²) in [5, 5.41) is 6.98. The zero-order chi connectivity index (χ0) is 18.8. The normalized spacial score (nSPS) is 11.3. The third kappa shape index (κ3) is 5.12. The van der Waals surface area contributed by atoms with Crippen LogP contribution in [0.5, 0.6) is 0 Å². The number of carbonyl (C=O) groups is 1. The molecule has 1 aromatic carbocycles. The summed E-state index contributed by atoms with van der Waals surface area (Å²) in [5.41, 5.74) is 3.34. The molecular weight excluding hydrogens is 454 g/mol. The minimum absolute atomic E-state index is 0.258. The molecule has 0 aliphatic heterocycles. The van der Waals surface area contributed by atoms with Gasteiger partial charge in [-0.3, -0.25) is 9.48 Å². The van der Waals surface area contributed by atoms with Gasteiger partial charge >= 0.3 is 5.69 Å². The van der Waals surface area contributed by atoms with Crippen LogP contribution in [-0.2, 0) is 6.54 Å². The van der Waals surface area contributed by atoms with Crippen molar-refractivity contribution in [1.82, 2.24) is 15.2 Å². The number of rotatable bonds is 5. The minimum atomic E-state index is -0.418. The number of nitroso groups, excluding NO2 is 1. The van der Waals surface area contributed by atoms with E-state index in [2.05, 4.69) is 47.7 Å². The molecule has 1 aromatic heterocycles. The highest BCUT2D eigenvalue weighted by atomic mass is 79.9. The van der Waals surface area contributed by atoms with E-state index >= 15 is 0 Å². The van der Waals surface area contributed by atoms with Crippen LogP contribution in [0, 0.1) is 4.91 Å². The molecule has 1 amide bonds. The van der Waals surface area contributed by atoms with Crippen LogP contribution in [0.4, 0.5) is 11.4 Å². The van der Waals surface area contributed by atoms with Crippen molar-refractivity contribution in [1.29, 1.82) is 0 Å². The van der Waals surface area contributed by atoms with Gasteiger partial charge < -0.3 is 5.32 Å². The Labute approximate surface area is 163 Å². The highest BCUT2D eigenvalue weighted by Crippen LogP contribution is 2.29. The van der Waals surface area contributed by atoms with E-state index in [4.69, 9.17) is 0 Å². The molecule has 0 fully saturated rings. The fourth-order valence-electron chi connectivity index (χ4n) is 2.04. The SMILES string of the molecule is CCn1cc(Br)c(C(=O)Nc2cc(Br)ccc2[N+](=O)NC(C)(C)C)n1. The number of halogens is 2. The fraction of sp³-hybridized carbons (Fsp3) is 0.375. The number of aryl methyl sites for hydroxylation is 1. The van der Waals surface area contributed by atoms with E-state index in [9.17, 15) is 9.70 Å². The maximum absolute atomic E-state index is 12.6. The Morgan fingerprint density at radius 1 is 1.32 bits per heavy atom. The molecule has 9 heteroatoms. The van der Waals surface area contributed by atoms with Gasteiger partial charge in [-0.25, -0.2) is 0 Å². The van der Waals surface area contributed by atoms with E-state index in [1.165, 1.54) is 0 Å². The number of hydrazine groups is 1. The van der Waals surface area contributed by atoms with Crippen LogP contribution >= 0.6 is 31.9 Å². The van der Waals surface area contributed by atoms with E-state index in [1.807, 2.05) is 27.7 Å². The predicted octanol–water partition coefficient (Wildman–Crippen LogP) is 4.39. The van der Waals surface area contributed by atoms with Gasteiger partial charge in [0, 0.05) is 23.3 Å². The van der Waals surface area contributed by atoms with Gasteiger partial charge in [-0.05, 0) is 55.8 Å². The summed E-state index contributed by atoms with van der Waals surface area (Å²) in [6.45, 7) is 8.22. The van der Waals surface area contributed by atoms with Crippen molar-refractivity contribution in [3.63, 3.8) is 0 Å². The molecule has 0 bridgehead atoms. The molecule has 0 saturated heterocycles. The third-order valence-corrected chi connectivity index (χ3v) is 4.19. The zero-order valence-corrected chi connectivity index (χ0v) is 17.6. The Kier molecular flexibility index (Phi) is 5.99. The highest BCUT2D eigenvalue weighted by Gasteiger charge is 2.27. The van der Waals surface area contributed by atoms with E-state index < -0.39 is 11.4 Å². The highest BCUT2D eigenvalue weighted by molar-refractivity contribution is 9.10. The average molecular weight is 474 g/mol. The number of amides is 1. The first-order valence-electron chi connectivity index (χ1n) is 7.69. The van der Waals surface area contributed by atoms with Crippen molar-refractivity contribution in [3.05, 3.63) is 43.9 Å². The topological polar surface area (TPSA) is 79.0 Å². The van der Waals surface area contributed by atoms with Gasteiger partial charge in [-0.15, -0.1) is 5.43 Å². The van der Waals surface area contributed by atoms with Crippen molar-refractivity contribution in [2.24, 2.45) is 0 Å². The molecule has 25 heavy (non-hydrogen) atoms. The van der Waals surface area contributed by atoms with Gasteiger partial charge in [0.15, 0.2) is 10.6 Å². The number of hydrogen-bond acceptors (Lipinski definition) is 3. The molecule has 0 atom stereocenters. The first kappa shape index (κ1) is 19.6. The summed E-state index contributed by atoms with van der Waals surface area (Å²) >= 11 is 6.70. The fourth-order valence-corrected chi connectivity index (χ4v) is 2.90. The van der Waals surface area contributed by atoms with Gasteiger partial charge in [0.25, 0.3) is 5.91 Å². The molecule has 0 radical (unpaired) electrons. The van der Waals surface area contributed by atoms with E-state index in [-0.39, 0.29) is 5.69 Å². The van der Waals surface area contributed by atoms with Crippen molar-refractivity contribution in [2.75, 3.05) is 5.32 Å². The lowest BCUT2D eigenvalue weighted by Crippen LogP contribution is -2.40. The largest absolute Gasteiger partial charge is 0.315 e. The molecule has 2 rings (SSSR count). The maximum Gasteiger partial charge on any atom is 0.315 e. The summed E-state index contributed by atoms with van der Waals surface area (Å²) in [5.74, 6) is -0.400. The summed E-state index contributed by atoms with van der Waals surface area (Å²) in [7, 11) is 0. The van der Waals surface area contributed by atoms with Crippen LogP contribution in [0.3, 0.4) is 0 Å². The van der Waals surface area contributed by atoms with Crippen LogP contribution in [0.1, 0.15) is 38.2 Å². The molecular formula is C16H20Br2N5O2+. The number of nitrogens with one attached hydrogen (secondary N) is 2. The summed E-state index contributed by atoms with van der Waals surface area (Å²) in [6, 6.07) is 5.04. The number of hydrogen-bond donors (Lipinski definition) is 2. The van der Waals surface area contributed by atoms with Crippen molar-refractivity contribution in [3.8, 4) is 0 Å². The molecule has 0 aliphatic carbocycles. The second-order valence-corrected chi connectivity index (χ2v) is 8.22. The van der Waals surface area contributed by atoms with E-state index in [1.54, 1.807) is 29.1 Å². The third-order valence-electron chi connectivity index (χ3n) is 3.12. The number of carbonyl (C=O) groups excluding carboxylic acids is 1. The van der Waals surface area contributed by atoms with Gasteiger partial charge in [-0.1, -0.05) is 15.9 Å². The first-order valence-corrected chi connectivity index (χ1v) is 9.28. The Morgan fingerprint density at radius 3 is 2.56 bits per heavy atom. The molecule has 1 heterocycles. The first-order chi connectivity index (χ1) is 11.6. The molecule has 0 spiro atoms. The number of benzene rings is 1. The molecule has 0 saturated carbocycles. The second kappa shape index (κ2) is 7.65. The standard InChI is InChI=1S/C16H19Br2N5O2/c1-5-22-9-11(18)14(20-22)15(24)19-12-8-10(17)6-7-13(12)23(25)21-16(2,3)4/h6-9H,5H2,1-4H3,(H-,19,21,24,25)/p+1. The smallest absolute Gasteiger partial charge is 0.315 e. The van der Waals surface area contributed by atoms with Gasteiger partial charge in [0.05, 0.1) is 14.9 Å². The van der Waals surface area contributed by atoms with Crippen molar-refractivity contribution in [2.45, 2.75) is 39.8 Å². The van der Waals surface area contributed by atoms with Gasteiger partial charge in [-0.2, -0.15) is 5.10 Å². The van der Waals surface area contributed by atoms with Crippen LogP contribution in [0.15, 0.2) is 33.3 Å². The predicted molar refractivity (Wildman–Crippen MR) is 104 cm³/mol. The molecule has 2 N–H and O–H groups in total. The number of aromatic nitrogens is 2. The lowest BCUT2D eigenvalue weighted by Gasteiger charge is -2.14. The lowest BCUT2D eigenvalue weighted by atomic mass is 10.1. The molecule has 0 unspecified atom stereocenters. The van der Waals surface area contributed by atoms with Crippen molar-refractivity contribution >= 4 is 49.1 Å². The van der Waals surface area contributed by atoms with E-state index in [0.717, 1.165) is 4.47 Å². The molecule has 7 nitrogen and oxygen atoms in total. The van der Waals surface area contributed by atoms with Crippen LogP contribution in [0.2, 0.25) is 0 Å². The Morgan fingerprint density at radius 2 is 2.00 bits per heavy atom. The minimum Gasteiger partial charge on any atom is -0.315 e. The summed E-state index contributed by atoms with van der Waals surface area (Å²) in [4.78, 5) is 25.7. The Balaban J connectivity index is 2.32. The average Bonchev–Trinajstić information content (AvgIpc) is 2.86. The van der Waals surface area contributed by atoms with Crippen LogP contribution in [0.25, 0.3) is 0 Å².